The van der Waals surface area contributed by atoms with Crippen LogP contribution >= 0.6 is 20.0 Å². The first kappa shape index (κ1) is 19.7. The van der Waals surface area contributed by atoms with Crippen LogP contribution in [0.5, 0.6) is 0 Å². The fraction of sp³-hybridized carbons (Fsp3) is 0.467. The van der Waals surface area contributed by atoms with Gasteiger partial charge in [0.1, 0.15) is 12.2 Å². The van der Waals surface area contributed by atoms with Gasteiger partial charge in [-0.15, -0.1) is 0 Å². The largest absolute Gasteiger partial charge is 0.480 e. The molecule has 1 rings (SSSR count). The highest BCUT2D eigenvalue weighted by atomic mass is 32.1. The quantitative estimate of drug-likeness (QED) is 0.290. The maximum absolute atomic E-state index is 12.0. The van der Waals surface area contributed by atoms with Crippen molar-refractivity contribution in [2.75, 3.05) is 18.1 Å². The van der Waals surface area contributed by atoms with Gasteiger partial charge in [-0.3, -0.25) is 9.36 Å². The minimum Gasteiger partial charge on any atom is -0.480 e. The fourth-order valence-electron chi connectivity index (χ4n) is 2.06. The van der Waals surface area contributed by atoms with Crippen molar-refractivity contribution >= 4 is 31.9 Å². The molecule has 1 amide bonds. The van der Waals surface area contributed by atoms with Gasteiger partial charge in [0.2, 0.25) is 13.3 Å². The molecule has 0 aliphatic heterocycles. The Morgan fingerprint density at radius 3 is 2.43 bits per heavy atom. The summed E-state index contributed by atoms with van der Waals surface area (Å²) in [6, 6.07) is 8.65. The molecular formula is C15H22NO5PS. The van der Waals surface area contributed by atoms with E-state index in [0.717, 1.165) is 18.4 Å². The van der Waals surface area contributed by atoms with E-state index < -0.39 is 31.4 Å². The predicted molar refractivity (Wildman–Crippen MR) is 92.4 cm³/mol. The number of nitrogens with one attached hydrogen (secondary N) is 1. The van der Waals surface area contributed by atoms with E-state index in [1.165, 1.54) is 0 Å². The SMILES string of the molecule is O=C(CP(=O)(O)CCCCc1ccccc1)N[C@@H](CS)C(=O)O. The van der Waals surface area contributed by atoms with Crippen molar-refractivity contribution in [3.8, 4) is 0 Å². The summed E-state index contributed by atoms with van der Waals surface area (Å²) in [5.41, 5.74) is 1.16. The van der Waals surface area contributed by atoms with Gasteiger partial charge in [0.05, 0.1) is 0 Å². The van der Waals surface area contributed by atoms with Gasteiger partial charge < -0.3 is 15.3 Å². The van der Waals surface area contributed by atoms with E-state index in [-0.39, 0.29) is 11.9 Å². The van der Waals surface area contributed by atoms with Gasteiger partial charge in [-0.1, -0.05) is 30.3 Å². The number of carboxylic acids is 1. The first-order valence-electron chi connectivity index (χ1n) is 7.32. The molecule has 3 N–H and O–H groups in total. The van der Waals surface area contributed by atoms with Crippen LogP contribution in [0.4, 0.5) is 0 Å². The van der Waals surface area contributed by atoms with E-state index >= 15 is 0 Å². The smallest absolute Gasteiger partial charge is 0.327 e. The summed E-state index contributed by atoms with van der Waals surface area (Å²) in [5.74, 6) is -2.03. The minimum atomic E-state index is -3.60. The van der Waals surface area contributed by atoms with Gasteiger partial charge >= 0.3 is 5.97 Å². The molecule has 23 heavy (non-hydrogen) atoms. The van der Waals surface area contributed by atoms with Gasteiger partial charge in [-0.05, 0) is 24.8 Å². The lowest BCUT2D eigenvalue weighted by Gasteiger charge is -2.15. The molecule has 0 fully saturated rings. The lowest BCUT2D eigenvalue weighted by atomic mass is 10.1. The number of amides is 1. The van der Waals surface area contributed by atoms with Crippen LogP contribution in [-0.4, -0.2) is 46.0 Å². The molecule has 0 saturated carbocycles. The molecule has 6 nitrogen and oxygen atoms in total. The first-order chi connectivity index (χ1) is 10.8. The third-order valence-electron chi connectivity index (χ3n) is 3.27. The molecule has 128 valence electrons. The molecule has 8 heteroatoms. The van der Waals surface area contributed by atoms with E-state index in [1.807, 2.05) is 30.3 Å². The second kappa shape index (κ2) is 9.75. The molecule has 0 aliphatic carbocycles. The van der Waals surface area contributed by atoms with E-state index in [0.29, 0.717) is 6.42 Å². The molecule has 0 spiro atoms. The number of thiol groups is 1. The summed E-state index contributed by atoms with van der Waals surface area (Å²) in [5, 5.41) is 11.0. The van der Waals surface area contributed by atoms with Crippen molar-refractivity contribution in [1.82, 2.24) is 5.32 Å². The third kappa shape index (κ3) is 8.21. The lowest BCUT2D eigenvalue weighted by Crippen LogP contribution is -2.43. The van der Waals surface area contributed by atoms with Crippen molar-refractivity contribution in [3.05, 3.63) is 35.9 Å². The van der Waals surface area contributed by atoms with Crippen LogP contribution < -0.4 is 5.32 Å². The lowest BCUT2D eigenvalue weighted by molar-refractivity contribution is -0.140. The van der Waals surface area contributed by atoms with E-state index in [2.05, 4.69) is 17.9 Å². The molecule has 0 aromatic heterocycles. The monoisotopic (exact) mass is 359 g/mol. The molecule has 1 aromatic carbocycles. The highest BCUT2D eigenvalue weighted by Gasteiger charge is 2.25. The first-order valence-corrected chi connectivity index (χ1v) is 9.98. The van der Waals surface area contributed by atoms with Crippen molar-refractivity contribution < 1.29 is 24.2 Å². The van der Waals surface area contributed by atoms with Gasteiger partial charge in [0.15, 0.2) is 0 Å². The average molecular weight is 359 g/mol. The third-order valence-corrected chi connectivity index (χ3v) is 5.43. The molecule has 0 heterocycles. The minimum absolute atomic E-state index is 0.0475. The Balaban J connectivity index is 2.33. The van der Waals surface area contributed by atoms with Crippen LogP contribution in [0.15, 0.2) is 30.3 Å². The van der Waals surface area contributed by atoms with Crippen molar-refractivity contribution in [2.24, 2.45) is 0 Å². The number of benzene rings is 1. The number of hydrogen-bond acceptors (Lipinski definition) is 4. The Morgan fingerprint density at radius 1 is 1.22 bits per heavy atom. The molecular weight excluding hydrogens is 337 g/mol. The molecule has 0 aliphatic rings. The second-order valence-electron chi connectivity index (χ2n) is 5.31. The van der Waals surface area contributed by atoms with Crippen LogP contribution in [0.25, 0.3) is 0 Å². The second-order valence-corrected chi connectivity index (χ2v) is 8.13. The highest BCUT2D eigenvalue weighted by molar-refractivity contribution is 7.80. The number of unbranched alkanes of at least 4 members (excludes halogenated alkanes) is 1. The van der Waals surface area contributed by atoms with E-state index in [4.69, 9.17) is 5.11 Å². The summed E-state index contributed by atoms with van der Waals surface area (Å²) < 4.78 is 12.0. The van der Waals surface area contributed by atoms with Gasteiger partial charge in [0, 0.05) is 11.9 Å². The normalized spacial score (nSPS) is 14.7. The molecule has 1 aromatic rings. The van der Waals surface area contributed by atoms with E-state index in [1.54, 1.807) is 0 Å². The number of carbonyl (C=O) groups is 2. The zero-order valence-corrected chi connectivity index (χ0v) is 14.5. The Kier molecular flexibility index (Phi) is 8.37. The number of carboxylic acid groups (broad SMARTS) is 1. The van der Waals surface area contributed by atoms with Gasteiger partial charge in [-0.2, -0.15) is 12.6 Å². The van der Waals surface area contributed by atoms with Gasteiger partial charge in [-0.25, -0.2) is 4.79 Å². The maximum Gasteiger partial charge on any atom is 0.327 e. The zero-order chi connectivity index (χ0) is 17.3. The van der Waals surface area contributed by atoms with Crippen LogP contribution in [0.2, 0.25) is 0 Å². The van der Waals surface area contributed by atoms with Crippen molar-refractivity contribution in [2.45, 2.75) is 25.3 Å². The Hall–Kier alpha value is -1.30. The Bertz CT molecular complexity index is 566. The summed E-state index contributed by atoms with van der Waals surface area (Å²) in [4.78, 5) is 32.3. The average Bonchev–Trinajstić information content (AvgIpc) is 2.49. The zero-order valence-electron chi connectivity index (χ0n) is 12.7. The van der Waals surface area contributed by atoms with Crippen LogP contribution in [0.1, 0.15) is 18.4 Å². The number of carbonyl (C=O) groups excluding carboxylic acids is 1. The van der Waals surface area contributed by atoms with Crippen molar-refractivity contribution in [1.29, 1.82) is 0 Å². The Morgan fingerprint density at radius 2 is 1.87 bits per heavy atom. The number of aliphatic carboxylic acids is 1. The summed E-state index contributed by atoms with van der Waals surface area (Å²) in [7, 11) is -3.60. The molecule has 0 saturated heterocycles. The molecule has 2 atom stereocenters. The van der Waals surface area contributed by atoms with Gasteiger partial charge in [0.25, 0.3) is 0 Å². The Labute approximate surface area is 141 Å². The number of hydrogen-bond donors (Lipinski definition) is 4. The number of rotatable bonds is 10. The van der Waals surface area contributed by atoms with Crippen LogP contribution in [0.3, 0.4) is 0 Å². The topological polar surface area (TPSA) is 104 Å². The maximum atomic E-state index is 12.0. The summed E-state index contributed by atoms with van der Waals surface area (Å²) in [6.07, 6.45) is 1.59. The predicted octanol–water partition coefficient (Wildman–Crippen LogP) is 1.78. The standard InChI is InChI=1S/C15H22NO5PS/c17-14(16-13(11-23)15(18)19)10-22(20,21)9-5-4-8-12-6-2-1-3-7-12/h1-3,6-7,13,23H,4-5,8-11H2,(H,16,17)(H,18,19)(H,20,21)/t13-/m0/s1. The van der Waals surface area contributed by atoms with E-state index in [9.17, 15) is 19.0 Å². The number of aryl methyl sites for hydroxylation is 1. The molecule has 0 bridgehead atoms. The van der Waals surface area contributed by atoms with Crippen LogP contribution in [-0.2, 0) is 20.6 Å². The van der Waals surface area contributed by atoms with Crippen molar-refractivity contribution in [3.63, 3.8) is 0 Å². The highest BCUT2D eigenvalue weighted by Crippen LogP contribution is 2.41. The molecule has 0 radical (unpaired) electrons. The fourth-order valence-corrected chi connectivity index (χ4v) is 3.72. The summed E-state index contributed by atoms with van der Waals surface area (Å²) >= 11 is 3.82. The van der Waals surface area contributed by atoms with Crippen LogP contribution in [0, 0.1) is 0 Å². The summed E-state index contributed by atoms with van der Waals surface area (Å²) in [6.45, 7) is 0. The molecule has 1 unspecified atom stereocenters.